The van der Waals surface area contributed by atoms with Crippen molar-refractivity contribution in [2.24, 2.45) is 5.92 Å². The average molecular weight is 311 g/mol. The van der Waals surface area contributed by atoms with Gasteiger partial charge in [0.05, 0.1) is 18.6 Å². The summed E-state index contributed by atoms with van der Waals surface area (Å²) < 4.78 is 30.9. The number of ether oxygens (including phenoxy) is 1. The molecule has 1 unspecified atom stereocenters. The van der Waals surface area contributed by atoms with Gasteiger partial charge in [-0.2, -0.15) is 0 Å². The Bertz CT molecular complexity index is 681. The fraction of sp³-hybridized carbons (Fsp3) is 0.357. The van der Waals surface area contributed by atoms with E-state index in [9.17, 15) is 13.2 Å². The van der Waals surface area contributed by atoms with Crippen molar-refractivity contribution < 1.29 is 23.1 Å². The van der Waals surface area contributed by atoms with Gasteiger partial charge in [-0.25, -0.2) is 13.2 Å². The van der Waals surface area contributed by atoms with Gasteiger partial charge in [0.25, 0.3) is 0 Å². The number of sulfonamides is 1. The largest absolute Gasteiger partial charge is 0.495 e. The lowest BCUT2D eigenvalue weighted by atomic mass is 10.1. The summed E-state index contributed by atoms with van der Waals surface area (Å²) in [6.07, 6.45) is 2.42. The van der Waals surface area contributed by atoms with E-state index >= 15 is 0 Å². The van der Waals surface area contributed by atoms with Gasteiger partial charge >= 0.3 is 5.97 Å². The van der Waals surface area contributed by atoms with Crippen molar-refractivity contribution in [3.8, 4) is 5.75 Å². The molecule has 0 aliphatic carbocycles. The summed E-state index contributed by atoms with van der Waals surface area (Å²) in [7, 11) is -1.89. The second-order valence-corrected chi connectivity index (χ2v) is 6.96. The van der Waals surface area contributed by atoms with Gasteiger partial charge in [0, 0.05) is 12.6 Å². The van der Waals surface area contributed by atoms with Gasteiger partial charge in [0.1, 0.15) is 5.75 Å². The molecule has 1 aliphatic heterocycles. The zero-order valence-electron chi connectivity index (χ0n) is 11.8. The Morgan fingerprint density at radius 2 is 2.19 bits per heavy atom. The van der Waals surface area contributed by atoms with Crippen LogP contribution in [0.5, 0.6) is 5.75 Å². The van der Waals surface area contributed by atoms with Gasteiger partial charge < -0.3 is 9.84 Å². The molecule has 0 spiro atoms. The van der Waals surface area contributed by atoms with Crippen molar-refractivity contribution in [3.63, 3.8) is 0 Å². The minimum Gasteiger partial charge on any atom is -0.495 e. The maximum Gasteiger partial charge on any atom is 0.328 e. The number of carbonyl (C=O) groups is 1. The maximum absolute atomic E-state index is 12.2. The van der Waals surface area contributed by atoms with Crippen molar-refractivity contribution in [1.29, 1.82) is 0 Å². The molecule has 0 bridgehead atoms. The van der Waals surface area contributed by atoms with Crippen LogP contribution >= 0.6 is 0 Å². The molecule has 0 amide bonds. The summed E-state index contributed by atoms with van der Waals surface area (Å²) in [5.74, 6) is -0.474. The molecule has 1 saturated heterocycles. The first-order valence-corrected chi connectivity index (χ1v) is 8.04. The third-order valence-electron chi connectivity index (χ3n) is 3.20. The summed E-state index contributed by atoms with van der Waals surface area (Å²) in [5, 5.41) is 8.66. The number of aliphatic carboxylic acids is 1. The lowest BCUT2D eigenvalue weighted by molar-refractivity contribution is -0.131. The smallest absolute Gasteiger partial charge is 0.328 e. The molecular formula is C14H17NO5S. The zero-order valence-corrected chi connectivity index (χ0v) is 12.6. The molecule has 7 heteroatoms. The van der Waals surface area contributed by atoms with Gasteiger partial charge in [0.2, 0.25) is 10.0 Å². The zero-order chi connectivity index (χ0) is 15.6. The lowest BCUT2D eigenvalue weighted by Crippen LogP contribution is -2.25. The molecule has 114 valence electrons. The number of hydrogen-bond acceptors (Lipinski definition) is 4. The third-order valence-corrected chi connectivity index (χ3v) is 5.21. The van der Waals surface area contributed by atoms with Crippen LogP contribution in [0.15, 0.2) is 24.3 Å². The van der Waals surface area contributed by atoms with Gasteiger partial charge in [-0.05, 0) is 29.7 Å². The normalized spacial score (nSPS) is 20.9. The lowest BCUT2D eigenvalue weighted by Gasteiger charge is -2.20. The van der Waals surface area contributed by atoms with Gasteiger partial charge in [0.15, 0.2) is 0 Å². The van der Waals surface area contributed by atoms with Gasteiger partial charge in [-0.3, -0.25) is 4.31 Å². The number of benzene rings is 1. The standard InChI is InChI=1S/C14H17NO5S/c1-10-8-15(21(18,19)9-10)12-7-11(4-6-14(16)17)3-5-13(12)20-2/h3-7,10H,8-9H2,1-2H3,(H,16,17). The molecule has 0 radical (unpaired) electrons. The highest BCUT2D eigenvalue weighted by atomic mass is 32.2. The monoisotopic (exact) mass is 311 g/mol. The van der Waals surface area contributed by atoms with Crippen LogP contribution in [0, 0.1) is 5.92 Å². The van der Waals surface area contributed by atoms with Crippen molar-refractivity contribution >= 4 is 27.8 Å². The summed E-state index contributed by atoms with van der Waals surface area (Å²) in [6, 6.07) is 4.93. The van der Waals surface area contributed by atoms with E-state index in [0.717, 1.165) is 6.08 Å². The number of carboxylic acid groups (broad SMARTS) is 1. The Morgan fingerprint density at radius 1 is 1.48 bits per heavy atom. The van der Waals surface area contributed by atoms with Crippen molar-refractivity contribution in [2.75, 3.05) is 23.7 Å². The Hall–Kier alpha value is -2.02. The highest BCUT2D eigenvalue weighted by Crippen LogP contribution is 2.35. The van der Waals surface area contributed by atoms with E-state index in [1.807, 2.05) is 6.92 Å². The van der Waals surface area contributed by atoms with E-state index < -0.39 is 16.0 Å². The first-order valence-electron chi connectivity index (χ1n) is 6.43. The van der Waals surface area contributed by atoms with Crippen LogP contribution in [0.3, 0.4) is 0 Å². The van der Waals surface area contributed by atoms with Gasteiger partial charge in [-0.15, -0.1) is 0 Å². The van der Waals surface area contributed by atoms with Crippen LogP contribution in [0.4, 0.5) is 5.69 Å². The predicted molar refractivity (Wildman–Crippen MR) is 80.0 cm³/mol. The summed E-state index contributed by atoms with van der Waals surface area (Å²) >= 11 is 0. The highest BCUT2D eigenvalue weighted by Gasteiger charge is 2.35. The number of rotatable bonds is 4. The quantitative estimate of drug-likeness (QED) is 0.853. The Labute approximate surface area is 123 Å². The fourth-order valence-electron chi connectivity index (χ4n) is 2.32. The van der Waals surface area contributed by atoms with E-state index in [2.05, 4.69) is 0 Å². The molecule has 6 nitrogen and oxygen atoms in total. The van der Waals surface area contributed by atoms with Gasteiger partial charge in [-0.1, -0.05) is 13.0 Å². The SMILES string of the molecule is COc1ccc(C=CC(=O)O)cc1N1CC(C)CS1(=O)=O. The molecule has 2 rings (SSSR count). The van der Waals surface area contributed by atoms with Crippen molar-refractivity contribution in [1.82, 2.24) is 0 Å². The molecule has 1 N–H and O–H groups in total. The van der Waals surface area contributed by atoms with Crippen molar-refractivity contribution in [3.05, 3.63) is 29.8 Å². The number of anilines is 1. The Balaban J connectivity index is 2.46. The van der Waals surface area contributed by atoms with E-state index in [4.69, 9.17) is 9.84 Å². The first-order chi connectivity index (χ1) is 9.83. The molecule has 1 fully saturated rings. The van der Waals surface area contributed by atoms with Crippen LogP contribution in [-0.2, 0) is 14.8 Å². The predicted octanol–water partition coefficient (Wildman–Crippen LogP) is 1.58. The number of nitrogens with zero attached hydrogens (tertiary/aromatic N) is 1. The molecule has 0 aromatic heterocycles. The molecular weight excluding hydrogens is 294 g/mol. The first kappa shape index (κ1) is 15.4. The van der Waals surface area contributed by atoms with Crippen molar-refractivity contribution in [2.45, 2.75) is 6.92 Å². The van der Waals surface area contributed by atoms with Crippen LogP contribution in [-0.4, -0.2) is 38.9 Å². The second kappa shape index (κ2) is 5.77. The minimum atomic E-state index is -3.36. The second-order valence-electron chi connectivity index (χ2n) is 5.02. The summed E-state index contributed by atoms with van der Waals surface area (Å²) in [6.45, 7) is 2.27. The number of hydrogen-bond donors (Lipinski definition) is 1. The molecule has 0 saturated carbocycles. The third kappa shape index (κ3) is 3.36. The van der Waals surface area contributed by atoms with E-state index in [1.54, 1.807) is 18.2 Å². The van der Waals surface area contributed by atoms with Crippen LogP contribution in [0.1, 0.15) is 12.5 Å². The van der Waals surface area contributed by atoms with E-state index in [1.165, 1.54) is 17.5 Å². The maximum atomic E-state index is 12.2. The topological polar surface area (TPSA) is 83.9 Å². The molecule has 1 aromatic carbocycles. The molecule has 1 heterocycles. The summed E-state index contributed by atoms with van der Waals surface area (Å²) in [5.41, 5.74) is 1.04. The Kier molecular flexibility index (Phi) is 4.22. The fourth-order valence-corrected chi connectivity index (χ4v) is 4.25. The number of methoxy groups -OCH3 is 1. The van der Waals surface area contributed by atoms with E-state index in [-0.39, 0.29) is 11.7 Å². The highest BCUT2D eigenvalue weighted by molar-refractivity contribution is 7.93. The van der Waals surface area contributed by atoms with Crippen LogP contribution < -0.4 is 9.04 Å². The van der Waals surface area contributed by atoms with E-state index in [0.29, 0.717) is 23.5 Å². The summed E-state index contributed by atoms with van der Waals surface area (Å²) in [4.78, 5) is 10.6. The number of carboxylic acids is 1. The van der Waals surface area contributed by atoms with Crippen LogP contribution in [0.25, 0.3) is 6.08 Å². The molecule has 21 heavy (non-hydrogen) atoms. The molecule has 1 atom stereocenters. The minimum absolute atomic E-state index is 0.0397. The molecule has 1 aromatic rings. The molecule has 1 aliphatic rings. The van der Waals surface area contributed by atoms with Crippen LogP contribution in [0.2, 0.25) is 0 Å². The average Bonchev–Trinajstić information content (AvgIpc) is 2.68. The Morgan fingerprint density at radius 3 is 2.71 bits per heavy atom.